The van der Waals surface area contributed by atoms with Gasteiger partial charge in [-0.3, -0.25) is 4.79 Å². The summed E-state index contributed by atoms with van der Waals surface area (Å²) in [5, 5.41) is 2.98. The van der Waals surface area contributed by atoms with Crippen molar-refractivity contribution in [1.82, 2.24) is 0 Å². The summed E-state index contributed by atoms with van der Waals surface area (Å²) in [6.07, 6.45) is 0. The van der Waals surface area contributed by atoms with Crippen LogP contribution < -0.4 is 10.2 Å². The van der Waals surface area contributed by atoms with Gasteiger partial charge in [0.25, 0.3) is 5.91 Å². The molecule has 1 amide bonds. The summed E-state index contributed by atoms with van der Waals surface area (Å²) in [5.41, 5.74) is 4.82. The summed E-state index contributed by atoms with van der Waals surface area (Å²) in [6, 6.07) is 13.5. The number of aryl methyl sites for hydroxylation is 1. The van der Waals surface area contributed by atoms with E-state index in [2.05, 4.69) is 5.32 Å². The van der Waals surface area contributed by atoms with Crippen molar-refractivity contribution in [2.75, 3.05) is 24.3 Å². The van der Waals surface area contributed by atoms with Crippen molar-refractivity contribution in [3.05, 3.63) is 59.2 Å². The third-order valence-electron chi connectivity index (χ3n) is 3.48. The predicted octanol–water partition coefficient (Wildman–Crippen LogP) is 3.62. The Balaban J connectivity index is 2.24. The molecule has 3 nitrogen and oxygen atoms in total. The molecule has 0 aromatic heterocycles. The predicted molar refractivity (Wildman–Crippen MR) is 84.6 cm³/mol. The van der Waals surface area contributed by atoms with Gasteiger partial charge in [-0.2, -0.15) is 0 Å². The summed E-state index contributed by atoms with van der Waals surface area (Å²) in [6.45, 7) is 4.05. The molecule has 3 heteroatoms. The van der Waals surface area contributed by atoms with E-state index in [4.69, 9.17) is 0 Å². The molecule has 0 saturated heterocycles. The highest BCUT2D eigenvalue weighted by Crippen LogP contribution is 2.20. The summed E-state index contributed by atoms with van der Waals surface area (Å²) in [5.74, 6) is -0.0811. The number of nitrogens with zero attached hydrogens (tertiary/aromatic N) is 1. The third kappa shape index (κ3) is 2.99. The highest BCUT2D eigenvalue weighted by atomic mass is 16.1. The molecular weight excluding hydrogens is 248 g/mol. The van der Waals surface area contributed by atoms with Crippen molar-refractivity contribution >= 4 is 17.3 Å². The third-order valence-corrected chi connectivity index (χ3v) is 3.48. The SMILES string of the molecule is Cc1cccc(NC(=O)c2cccc(N(C)C)c2)c1C. The Hall–Kier alpha value is -2.29. The lowest BCUT2D eigenvalue weighted by molar-refractivity contribution is 0.102. The van der Waals surface area contributed by atoms with Crippen LogP contribution in [0.3, 0.4) is 0 Å². The van der Waals surface area contributed by atoms with Crippen molar-refractivity contribution in [2.45, 2.75) is 13.8 Å². The number of amides is 1. The molecule has 20 heavy (non-hydrogen) atoms. The lowest BCUT2D eigenvalue weighted by Crippen LogP contribution is -2.15. The maximum atomic E-state index is 12.3. The first-order valence-corrected chi connectivity index (χ1v) is 6.64. The molecule has 2 aromatic rings. The van der Waals surface area contributed by atoms with Gasteiger partial charge in [0, 0.05) is 31.0 Å². The van der Waals surface area contributed by atoms with Gasteiger partial charge in [0.1, 0.15) is 0 Å². The van der Waals surface area contributed by atoms with Crippen LogP contribution in [0.1, 0.15) is 21.5 Å². The molecule has 0 aliphatic carbocycles. The fourth-order valence-electron chi connectivity index (χ4n) is 2.01. The van der Waals surface area contributed by atoms with Gasteiger partial charge < -0.3 is 10.2 Å². The topological polar surface area (TPSA) is 32.3 Å². The van der Waals surface area contributed by atoms with Crippen molar-refractivity contribution in [1.29, 1.82) is 0 Å². The van der Waals surface area contributed by atoms with Gasteiger partial charge in [-0.05, 0) is 49.2 Å². The minimum Gasteiger partial charge on any atom is -0.378 e. The van der Waals surface area contributed by atoms with Crippen LogP contribution in [0.25, 0.3) is 0 Å². The van der Waals surface area contributed by atoms with Gasteiger partial charge in [-0.15, -0.1) is 0 Å². The molecule has 0 bridgehead atoms. The van der Waals surface area contributed by atoms with E-state index < -0.39 is 0 Å². The Labute approximate surface area is 120 Å². The summed E-state index contributed by atoms with van der Waals surface area (Å²) in [7, 11) is 3.92. The van der Waals surface area contributed by atoms with Crippen molar-refractivity contribution in [2.24, 2.45) is 0 Å². The van der Waals surface area contributed by atoms with Crippen LogP contribution >= 0.6 is 0 Å². The lowest BCUT2D eigenvalue weighted by atomic mass is 10.1. The van der Waals surface area contributed by atoms with Gasteiger partial charge in [-0.25, -0.2) is 0 Å². The van der Waals surface area contributed by atoms with Crippen LogP contribution in [0.5, 0.6) is 0 Å². The van der Waals surface area contributed by atoms with E-state index in [0.29, 0.717) is 5.56 Å². The maximum absolute atomic E-state index is 12.3. The van der Waals surface area contributed by atoms with Crippen LogP contribution in [0.4, 0.5) is 11.4 Å². The number of nitrogens with one attached hydrogen (secondary N) is 1. The molecule has 2 rings (SSSR count). The van der Waals surface area contributed by atoms with E-state index in [1.807, 2.05) is 75.3 Å². The molecule has 0 spiro atoms. The standard InChI is InChI=1S/C17H20N2O/c1-12-7-5-10-16(13(12)2)18-17(20)14-8-6-9-15(11-14)19(3)4/h5-11H,1-4H3,(H,18,20). The van der Waals surface area contributed by atoms with E-state index in [0.717, 1.165) is 16.9 Å². The van der Waals surface area contributed by atoms with E-state index >= 15 is 0 Å². The van der Waals surface area contributed by atoms with Crippen molar-refractivity contribution in [3.63, 3.8) is 0 Å². The molecule has 0 fully saturated rings. The van der Waals surface area contributed by atoms with Gasteiger partial charge >= 0.3 is 0 Å². The average Bonchev–Trinajstić information content (AvgIpc) is 2.44. The number of benzene rings is 2. The van der Waals surface area contributed by atoms with E-state index in [-0.39, 0.29) is 5.91 Å². The Kier molecular flexibility index (Phi) is 4.08. The highest BCUT2D eigenvalue weighted by Gasteiger charge is 2.09. The van der Waals surface area contributed by atoms with Crippen LogP contribution in [-0.4, -0.2) is 20.0 Å². The smallest absolute Gasteiger partial charge is 0.255 e. The molecule has 0 saturated carbocycles. The quantitative estimate of drug-likeness (QED) is 0.922. The zero-order valence-electron chi connectivity index (χ0n) is 12.4. The first-order valence-electron chi connectivity index (χ1n) is 6.64. The van der Waals surface area contributed by atoms with E-state index in [1.165, 1.54) is 5.56 Å². The van der Waals surface area contributed by atoms with Crippen LogP contribution in [-0.2, 0) is 0 Å². The minimum absolute atomic E-state index is 0.0811. The van der Waals surface area contributed by atoms with Crippen molar-refractivity contribution in [3.8, 4) is 0 Å². The van der Waals surface area contributed by atoms with Crippen LogP contribution in [0.2, 0.25) is 0 Å². The number of carbonyl (C=O) groups is 1. The maximum Gasteiger partial charge on any atom is 0.255 e. The summed E-state index contributed by atoms with van der Waals surface area (Å²) in [4.78, 5) is 14.3. The fourth-order valence-corrected chi connectivity index (χ4v) is 2.01. The summed E-state index contributed by atoms with van der Waals surface area (Å²) < 4.78 is 0. The fraction of sp³-hybridized carbons (Fsp3) is 0.235. The Morgan fingerprint density at radius 1 is 1.05 bits per heavy atom. The first kappa shape index (κ1) is 14.1. The molecule has 0 radical (unpaired) electrons. The Bertz CT molecular complexity index is 633. The van der Waals surface area contributed by atoms with Gasteiger partial charge in [-0.1, -0.05) is 18.2 Å². The molecule has 0 unspecified atom stereocenters. The second kappa shape index (κ2) is 5.78. The molecule has 0 aliphatic heterocycles. The lowest BCUT2D eigenvalue weighted by Gasteiger charge is -2.14. The largest absolute Gasteiger partial charge is 0.378 e. The van der Waals surface area contributed by atoms with Crippen LogP contribution in [0.15, 0.2) is 42.5 Å². The molecule has 0 heterocycles. The zero-order valence-corrected chi connectivity index (χ0v) is 12.4. The Morgan fingerprint density at radius 2 is 1.75 bits per heavy atom. The average molecular weight is 268 g/mol. The molecule has 2 aromatic carbocycles. The molecule has 0 aliphatic rings. The van der Waals surface area contributed by atoms with E-state index in [9.17, 15) is 4.79 Å². The minimum atomic E-state index is -0.0811. The van der Waals surface area contributed by atoms with Crippen molar-refractivity contribution < 1.29 is 4.79 Å². The molecule has 104 valence electrons. The molecule has 0 atom stereocenters. The number of hydrogen-bond donors (Lipinski definition) is 1. The van der Waals surface area contributed by atoms with Gasteiger partial charge in [0.15, 0.2) is 0 Å². The first-order chi connectivity index (χ1) is 9.49. The number of rotatable bonds is 3. The zero-order chi connectivity index (χ0) is 14.7. The Morgan fingerprint density at radius 3 is 2.45 bits per heavy atom. The molecule has 1 N–H and O–H groups in total. The normalized spacial score (nSPS) is 10.2. The summed E-state index contributed by atoms with van der Waals surface area (Å²) >= 11 is 0. The number of hydrogen-bond acceptors (Lipinski definition) is 2. The van der Waals surface area contributed by atoms with Gasteiger partial charge in [0.05, 0.1) is 0 Å². The monoisotopic (exact) mass is 268 g/mol. The van der Waals surface area contributed by atoms with Crippen LogP contribution in [0, 0.1) is 13.8 Å². The molecular formula is C17H20N2O. The second-order valence-corrected chi connectivity index (χ2v) is 5.15. The number of carbonyl (C=O) groups excluding carboxylic acids is 1. The van der Waals surface area contributed by atoms with E-state index in [1.54, 1.807) is 0 Å². The second-order valence-electron chi connectivity index (χ2n) is 5.15. The van der Waals surface area contributed by atoms with Gasteiger partial charge in [0.2, 0.25) is 0 Å². The number of anilines is 2. The highest BCUT2D eigenvalue weighted by molar-refractivity contribution is 6.05.